The molecule has 1 saturated carbocycles. The Morgan fingerprint density at radius 3 is 2.58 bits per heavy atom. The standard InChI is InChI=1S/C12H12ClN3O2S/c13-9-5-7(10-6-12(14)16-15-10)1-4-11(9)19(17,18)8-2-3-8/h1,4-6,8H,2-3H2,(H3,14,15,16). The number of hydrogen-bond acceptors (Lipinski definition) is 4. The lowest BCUT2D eigenvalue weighted by Gasteiger charge is -2.06. The van der Waals surface area contributed by atoms with Crippen LogP contribution in [-0.2, 0) is 9.84 Å². The third-order valence-electron chi connectivity index (χ3n) is 3.11. The molecule has 7 heteroatoms. The average Bonchev–Trinajstić information content (AvgIpc) is 3.12. The second-order valence-corrected chi connectivity index (χ2v) is 7.20. The zero-order chi connectivity index (χ0) is 13.6. The van der Waals surface area contributed by atoms with Crippen molar-refractivity contribution >= 4 is 27.3 Å². The molecule has 1 aromatic heterocycles. The first kappa shape index (κ1) is 12.5. The predicted molar refractivity (Wildman–Crippen MR) is 73.7 cm³/mol. The number of H-pyrrole nitrogens is 1. The van der Waals surface area contributed by atoms with Gasteiger partial charge in [-0.25, -0.2) is 8.42 Å². The Labute approximate surface area is 115 Å². The van der Waals surface area contributed by atoms with E-state index in [1.54, 1.807) is 24.3 Å². The van der Waals surface area contributed by atoms with Gasteiger partial charge in [-0.15, -0.1) is 0 Å². The Bertz CT molecular complexity index is 735. The zero-order valence-electron chi connectivity index (χ0n) is 9.93. The van der Waals surface area contributed by atoms with Crippen molar-refractivity contribution in [1.29, 1.82) is 0 Å². The molecule has 100 valence electrons. The summed E-state index contributed by atoms with van der Waals surface area (Å²) in [6, 6.07) is 6.53. The molecule has 0 radical (unpaired) electrons. The number of nitrogens with zero attached hydrogens (tertiary/aromatic N) is 1. The Morgan fingerprint density at radius 1 is 1.32 bits per heavy atom. The van der Waals surface area contributed by atoms with Crippen LogP contribution in [0.2, 0.25) is 5.02 Å². The monoisotopic (exact) mass is 297 g/mol. The lowest BCUT2D eigenvalue weighted by Crippen LogP contribution is -2.07. The van der Waals surface area contributed by atoms with Crippen LogP contribution in [0.4, 0.5) is 5.82 Å². The summed E-state index contributed by atoms with van der Waals surface area (Å²) in [5.41, 5.74) is 6.99. The highest BCUT2D eigenvalue weighted by Gasteiger charge is 2.38. The SMILES string of the molecule is Nc1cc(-c2ccc(S(=O)(=O)C3CC3)c(Cl)c2)[nH]n1. The molecule has 3 rings (SSSR count). The van der Waals surface area contributed by atoms with Gasteiger partial charge in [0.1, 0.15) is 5.82 Å². The molecule has 0 aliphatic heterocycles. The highest BCUT2D eigenvalue weighted by Crippen LogP contribution is 2.37. The predicted octanol–water partition coefficient (Wildman–Crippen LogP) is 2.25. The first-order valence-corrected chi connectivity index (χ1v) is 7.75. The van der Waals surface area contributed by atoms with Gasteiger partial charge in [0.15, 0.2) is 9.84 Å². The van der Waals surface area contributed by atoms with Crippen LogP contribution in [0.3, 0.4) is 0 Å². The van der Waals surface area contributed by atoms with E-state index in [0.717, 1.165) is 18.4 Å². The molecule has 1 aliphatic carbocycles. The summed E-state index contributed by atoms with van der Waals surface area (Å²) >= 11 is 6.10. The van der Waals surface area contributed by atoms with Gasteiger partial charge >= 0.3 is 0 Å². The number of anilines is 1. The van der Waals surface area contributed by atoms with Crippen LogP contribution in [0.15, 0.2) is 29.2 Å². The van der Waals surface area contributed by atoms with Gasteiger partial charge in [-0.2, -0.15) is 5.10 Å². The Balaban J connectivity index is 2.03. The Kier molecular flexibility index (Phi) is 2.79. The number of nitrogens with one attached hydrogen (secondary N) is 1. The van der Waals surface area contributed by atoms with Crippen LogP contribution in [0, 0.1) is 0 Å². The number of benzene rings is 1. The van der Waals surface area contributed by atoms with Crippen LogP contribution in [0.25, 0.3) is 11.3 Å². The van der Waals surface area contributed by atoms with Crippen LogP contribution in [-0.4, -0.2) is 23.9 Å². The van der Waals surface area contributed by atoms with Crippen molar-refractivity contribution in [2.24, 2.45) is 0 Å². The number of rotatable bonds is 3. The first-order valence-electron chi connectivity index (χ1n) is 5.83. The lowest BCUT2D eigenvalue weighted by molar-refractivity contribution is 0.595. The molecule has 0 bridgehead atoms. The van der Waals surface area contributed by atoms with E-state index >= 15 is 0 Å². The third kappa shape index (κ3) is 2.21. The fraction of sp³-hybridized carbons (Fsp3) is 0.250. The van der Waals surface area contributed by atoms with Gasteiger partial charge in [0, 0.05) is 11.6 Å². The highest BCUT2D eigenvalue weighted by molar-refractivity contribution is 7.92. The first-order chi connectivity index (χ1) is 8.98. The summed E-state index contributed by atoms with van der Waals surface area (Å²) in [6.45, 7) is 0. The van der Waals surface area contributed by atoms with E-state index in [9.17, 15) is 8.42 Å². The number of aromatic amines is 1. The molecule has 1 fully saturated rings. The summed E-state index contributed by atoms with van der Waals surface area (Å²) in [6.07, 6.45) is 1.44. The number of halogens is 1. The van der Waals surface area contributed by atoms with Crippen molar-refractivity contribution < 1.29 is 8.42 Å². The van der Waals surface area contributed by atoms with Crippen molar-refractivity contribution in [2.45, 2.75) is 23.0 Å². The van der Waals surface area contributed by atoms with Crippen molar-refractivity contribution in [2.75, 3.05) is 5.73 Å². The van der Waals surface area contributed by atoms with Gasteiger partial charge in [0.05, 0.1) is 20.9 Å². The van der Waals surface area contributed by atoms with Crippen molar-refractivity contribution in [3.8, 4) is 11.3 Å². The van der Waals surface area contributed by atoms with E-state index in [2.05, 4.69) is 10.2 Å². The van der Waals surface area contributed by atoms with E-state index in [0.29, 0.717) is 11.5 Å². The third-order valence-corrected chi connectivity index (χ3v) is 5.85. The molecule has 0 unspecified atom stereocenters. The van der Waals surface area contributed by atoms with Gasteiger partial charge in [0.25, 0.3) is 0 Å². The molecule has 1 aromatic carbocycles. The minimum atomic E-state index is -3.27. The van der Waals surface area contributed by atoms with Gasteiger partial charge < -0.3 is 5.73 Å². The fourth-order valence-corrected chi connectivity index (χ4v) is 4.15. The van der Waals surface area contributed by atoms with Crippen molar-refractivity contribution in [3.05, 3.63) is 29.3 Å². The molecule has 5 nitrogen and oxygen atoms in total. The van der Waals surface area contributed by atoms with Gasteiger partial charge in [-0.05, 0) is 25.0 Å². The van der Waals surface area contributed by atoms with Crippen LogP contribution in [0.1, 0.15) is 12.8 Å². The largest absolute Gasteiger partial charge is 0.382 e. The maximum absolute atomic E-state index is 12.1. The summed E-state index contributed by atoms with van der Waals surface area (Å²) in [5.74, 6) is 0.376. The summed E-state index contributed by atoms with van der Waals surface area (Å²) in [5, 5.41) is 6.55. The molecule has 1 heterocycles. The highest BCUT2D eigenvalue weighted by atomic mass is 35.5. The second-order valence-electron chi connectivity index (χ2n) is 4.60. The summed E-state index contributed by atoms with van der Waals surface area (Å²) in [4.78, 5) is 0.202. The molecule has 0 atom stereocenters. The van der Waals surface area contributed by atoms with Gasteiger partial charge in [0.2, 0.25) is 0 Å². The molecular formula is C12H12ClN3O2S. The number of nitrogen functional groups attached to an aromatic ring is 1. The van der Waals surface area contributed by atoms with E-state index < -0.39 is 9.84 Å². The molecule has 3 N–H and O–H groups in total. The van der Waals surface area contributed by atoms with Crippen molar-refractivity contribution in [1.82, 2.24) is 10.2 Å². The van der Waals surface area contributed by atoms with Crippen LogP contribution < -0.4 is 5.73 Å². The molecule has 0 saturated heterocycles. The van der Waals surface area contributed by atoms with E-state index in [1.165, 1.54) is 0 Å². The van der Waals surface area contributed by atoms with E-state index in [-0.39, 0.29) is 15.2 Å². The van der Waals surface area contributed by atoms with E-state index in [1.807, 2.05) is 0 Å². The minimum Gasteiger partial charge on any atom is -0.382 e. The molecule has 0 spiro atoms. The minimum absolute atomic E-state index is 0.202. The number of nitrogens with two attached hydrogens (primary N) is 1. The second kappa shape index (κ2) is 4.25. The number of hydrogen-bond donors (Lipinski definition) is 2. The maximum Gasteiger partial charge on any atom is 0.182 e. The Hall–Kier alpha value is -1.53. The smallest absolute Gasteiger partial charge is 0.182 e. The molecular weight excluding hydrogens is 286 g/mol. The van der Waals surface area contributed by atoms with Crippen LogP contribution >= 0.6 is 11.6 Å². The maximum atomic E-state index is 12.1. The summed E-state index contributed by atoms with van der Waals surface area (Å²) in [7, 11) is -3.27. The normalized spacial score (nSPS) is 15.6. The van der Waals surface area contributed by atoms with Crippen LogP contribution in [0.5, 0.6) is 0 Å². The Morgan fingerprint density at radius 2 is 2.05 bits per heavy atom. The molecule has 19 heavy (non-hydrogen) atoms. The summed E-state index contributed by atoms with van der Waals surface area (Å²) < 4.78 is 24.3. The van der Waals surface area contributed by atoms with Gasteiger partial charge in [-0.3, -0.25) is 5.10 Å². The van der Waals surface area contributed by atoms with Gasteiger partial charge in [-0.1, -0.05) is 17.7 Å². The zero-order valence-corrected chi connectivity index (χ0v) is 11.5. The van der Waals surface area contributed by atoms with Crippen molar-refractivity contribution in [3.63, 3.8) is 0 Å². The molecule has 2 aromatic rings. The molecule has 0 amide bonds. The number of sulfone groups is 1. The molecule has 1 aliphatic rings. The topological polar surface area (TPSA) is 88.8 Å². The average molecular weight is 298 g/mol. The number of aromatic nitrogens is 2. The van der Waals surface area contributed by atoms with E-state index in [4.69, 9.17) is 17.3 Å². The quantitative estimate of drug-likeness (QED) is 0.909. The lowest BCUT2D eigenvalue weighted by atomic mass is 10.1. The fourth-order valence-electron chi connectivity index (χ4n) is 1.94.